The predicted molar refractivity (Wildman–Crippen MR) is 56.6 cm³/mol. The van der Waals surface area contributed by atoms with E-state index in [1.54, 1.807) is 0 Å². The summed E-state index contributed by atoms with van der Waals surface area (Å²) in [5, 5.41) is 0. The van der Waals surface area contributed by atoms with E-state index < -0.39 is 6.30 Å². The van der Waals surface area contributed by atoms with Crippen molar-refractivity contribution in [3.05, 3.63) is 0 Å². The van der Waals surface area contributed by atoms with Gasteiger partial charge in [-0.25, -0.2) is 4.39 Å². The van der Waals surface area contributed by atoms with Gasteiger partial charge in [0, 0.05) is 12.5 Å². The summed E-state index contributed by atoms with van der Waals surface area (Å²) in [5.74, 6) is -0.136. The highest BCUT2D eigenvalue weighted by Crippen LogP contribution is 2.19. The summed E-state index contributed by atoms with van der Waals surface area (Å²) in [6.45, 7) is 8.21. The normalized spacial score (nSPS) is 21.6. The summed E-state index contributed by atoms with van der Waals surface area (Å²) in [6.07, 6.45) is 1.33. The van der Waals surface area contributed by atoms with E-state index in [1.807, 2.05) is 27.7 Å². The first-order chi connectivity index (χ1) is 6.63. The molecule has 0 N–H and O–H groups in total. The Labute approximate surface area is 86.5 Å². The van der Waals surface area contributed by atoms with Crippen LogP contribution in [0.4, 0.5) is 4.39 Å². The van der Waals surface area contributed by atoms with Gasteiger partial charge in [0.1, 0.15) is 0 Å². The van der Waals surface area contributed by atoms with Crippen LogP contribution in [0.1, 0.15) is 47.0 Å². The third-order valence-electron chi connectivity index (χ3n) is 2.21. The Morgan fingerprint density at radius 1 is 1.36 bits per heavy atom. The monoisotopic (exact) mass is 203 g/mol. The minimum Gasteiger partial charge on any atom is -0.312 e. The molecule has 1 amide bonds. The first-order valence-corrected chi connectivity index (χ1v) is 5.57. The topological polar surface area (TPSA) is 20.3 Å². The smallest absolute Gasteiger partial charge is 0.227 e. The van der Waals surface area contributed by atoms with Gasteiger partial charge in [0.25, 0.3) is 0 Å². The molecule has 1 atom stereocenters. The van der Waals surface area contributed by atoms with Crippen molar-refractivity contribution >= 4 is 5.91 Å². The third-order valence-corrected chi connectivity index (χ3v) is 2.21. The Kier molecular flexibility index (Phi) is 6.50. The molecular weight excluding hydrogens is 181 g/mol. The molecule has 2 nitrogen and oxygen atoms in total. The highest BCUT2D eigenvalue weighted by atomic mass is 19.1. The van der Waals surface area contributed by atoms with Crippen LogP contribution in [0.2, 0.25) is 0 Å². The Morgan fingerprint density at radius 2 is 1.93 bits per heavy atom. The number of nitrogens with zero attached hydrogens (tertiary/aromatic N) is 1. The van der Waals surface area contributed by atoms with E-state index in [9.17, 15) is 9.18 Å². The lowest BCUT2D eigenvalue weighted by molar-refractivity contribution is -0.142. The largest absolute Gasteiger partial charge is 0.312 e. The van der Waals surface area contributed by atoms with E-state index in [-0.39, 0.29) is 11.8 Å². The molecule has 1 aliphatic heterocycles. The lowest BCUT2D eigenvalue weighted by Gasteiger charge is -2.31. The number of carbonyl (C=O) groups is 1. The van der Waals surface area contributed by atoms with Crippen LogP contribution in [0.5, 0.6) is 0 Å². The van der Waals surface area contributed by atoms with Gasteiger partial charge in [-0.05, 0) is 19.3 Å². The maximum absolute atomic E-state index is 13.2. The molecule has 0 saturated carbocycles. The standard InChI is InChI=1S/C9H16FNO.C2H6/c1-7(2)9(12)11-6-4-3-5-8(11)10;1-2/h7-8H,3-6H2,1-2H3;1-2H3. The van der Waals surface area contributed by atoms with Crippen LogP contribution < -0.4 is 0 Å². The van der Waals surface area contributed by atoms with Crippen molar-refractivity contribution in [1.29, 1.82) is 0 Å². The van der Waals surface area contributed by atoms with E-state index in [2.05, 4.69) is 0 Å². The number of hydrogen-bond donors (Lipinski definition) is 0. The number of hydrogen-bond acceptors (Lipinski definition) is 1. The average Bonchev–Trinajstić information content (AvgIpc) is 2.20. The van der Waals surface area contributed by atoms with Gasteiger partial charge in [-0.15, -0.1) is 0 Å². The van der Waals surface area contributed by atoms with Crippen LogP contribution in [-0.4, -0.2) is 23.6 Å². The van der Waals surface area contributed by atoms with Crippen LogP contribution >= 0.6 is 0 Å². The van der Waals surface area contributed by atoms with Gasteiger partial charge in [-0.2, -0.15) is 0 Å². The van der Waals surface area contributed by atoms with Crippen molar-refractivity contribution in [2.75, 3.05) is 6.54 Å². The summed E-state index contributed by atoms with van der Waals surface area (Å²) < 4.78 is 13.2. The Hall–Kier alpha value is -0.600. The zero-order chi connectivity index (χ0) is 11.1. The van der Waals surface area contributed by atoms with Gasteiger partial charge in [0.05, 0.1) is 0 Å². The molecule has 1 saturated heterocycles. The highest BCUT2D eigenvalue weighted by molar-refractivity contribution is 5.78. The SMILES string of the molecule is CC.CC(C)C(=O)N1CCCCC1F. The van der Waals surface area contributed by atoms with Crippen LogP contribution in [-0.2, 0) is 4.79 Å². The summed E-state index contributed by atoms with van der Waals surface area (Å²) >= 11 is 0. The van der Waals surface area contributed by atoms with E-state index in [0.717, 1.165) is 12.8 Å². The van der Waals surface area contributed by atoms with Gasteiger partial charge in [0.15, 0.2) is 6.30 Å². The van der Waals surface area contributed by atoms with E-state index in [0.29, 0.717) is 13.0 Å². The molecule has 0 aliphatic carbocycles. The number of halogens is 1. The quantitative estimate of drug-likeness (QED) is 0.600. The van der Waals surface area contributed by atoms with Gasteiger partial charge in [-0.3, -0.25) is 4.79 Å². The van der Waals surface area contributed by atoms with Gasteiger partial charge >= 0.3 is 0 Å². The summed E-state index contributed by atoms with van der Waals surface area (Å²) in [5.41, 5.74) is 0. The van der Waals surface area contributed by atoms with Crippen molar-refractivity contribution in [1.82, 2.24) is 4.90 Å². The second kappa shape index (κ2) is 6.80. The molecule has 1 rings (SSSR count). The van der Waals surface area contributed by atoms with Crippen molar-refractivity contribution in [2.24, 2.45) is 5.92 Å². The Morgan fingerprint density at radius 3 is 2.36 bits per heavy atom. The van der Waals surface area contributed by atoms with E-state index in [1.165, 1.54) is 4.90 Å². The molecular formula is C11H22FNO. The molecule has 1 fully saturated rings. The van der Waals surface area contributed by atoms with Crippen LogP contribution in [0.15, 0.2) is 0 Å². The maximum atomic E-state index is 13.2. The summed E-state index contributed by atoms with van der Waals surface area (Å²) in [4.78, 5) is 12.8. The molecule has 0 radical (unpaired) electrons. The zero-order valence-electron chi connectivity index (χ0n) is 9.72. The third kappa shape index (κ3) is 3.64. The fraction of sp³-hybridized carbons (Fsp3) is 0.909. The number of alkyl halides is 1. The van der Waals surface area contributed by atoms with Crippen LogP contribution in [0.25, 0.3) is 0 Å². The molecule has 0 aromatic carbocycles. The predicted octanol–water partition coefficient (Wildman–Crippen LogP) is 2.98. The minimum atomic E-state index is -1.03. The van der Waals surface area contributed by atoms with Crippen molar-refractivity contribution in [2.45, 2.75) is 53.3 Å². The molecule has 1 aliphatic rings. The molecule has 0 aromatic heterocycles. The summed E-state index contributed by atoms with van der Waals surface area (Å²) in [6, 6.07) is 0. The second-order valence-corrected chi connectivity index (χ2v) is 3.62. The zero-order valence-corrected chi connectivity index (χ0v) is 9.72. The van der Waals surface area contributed by atoms with Crippen LogP contribution in [0, 0.1) is 5.92 Å². The number of piperidine rings is 1. The van der Waals surface area contributed by atoms with Gasteiger partial charge < -0.3 is 4.90 Å². The lowest BCUT2D eigenvalue weighted by atomic mass is 10.1. The van der Waals surface area contributed by atoms with Crippen LogP contribution in [0.3, 0.4) is 0 Å². The Bertz CT molecular complexity index is 171. The molecule has 14 heavy (non-hydrogen) atoms. The molecule has 84 valence electrons. The molecule has 1 heterocycles. The van der Waals surface area contributed by atoms with Crippen molar-refractivity contribution < 1.29 is 9.18 Å². The number of carbonyl (C=O) groups excluding carboxylic acids is 1. The van der Waals surface area contributed by atoms with E-state index >= 15 is 0 Å². The fourth-order valence-electron chi connectivity index (χ4n) is 1.47. The molecule has 3 heteroatoms. The first kappa shape index (κ1) is 13.4. The lowest BCUT2D eigenvalue weighted by Crippen LogP contribution is -2.43. The number of likely N-dealkylation sites (tertiary alicyclic amines) is 1. The molecule has 0 aromatic rings. The van der Waals surface area contributed by atoms with Crippen molar-refractivity contribution in [3.63, 3.8) is 0 Å². The second-order valence-electron chi connectivity index (χ2n) is 3.62. The highest BCUT2D eigenvalue weighted by Gasteiger charge is 2.27. The number of rotatable bonds is 1. The summed E-state index contributed by atoms with van der Waals surface area (Å²) in [7, 11) is 0. The maximum Gasteiger partial charge on any atom is 0.227 e. The van der Waals surface area contributed by atoms with Gasteiger partial charge in [0.2, 0.25) is 5.91 Å². The van der Waals surface area contributed by atoms with Gasteiger partial charge in [-0.1, -0.05) is 27.7 Å². The number of amides is 1. The minimum absolute atomic E-state index is 0.0535. The fourth-order valence-corrected chi connectivity index (χ4v) is 1.47. The molecule has 1 unspecified atom stereocenters. The average molecular weight is 203 g/mol. The molecule has 0 spiro atoms. The van der Waals surface area contributed by atoms with E-state index in [4.69, 9.17) is 0 Å². The van der Waals surface area contributed by atoms with Crippen molar-refractivity contribution in [3.8, 4) is 0 Å². The Balaban J connectivity index is 0.000000791. The first-order valence-electron chi connectivity index (χ1n) is 5.57. The molecule has 0 bridgehead atoms.